The number of halogens is 1. The maximum absolute atomic E-state index is 10.8. The van der Waals surface area contributed by atoms with Gasteiger partial charge in [0, 0.05) is 19.3 Å². The van der Waals surface area contributed by atoms with Crippen LogP contribution in [0.25, 0.3) is 0 Å². The summed E-state index contributed by atoms with van der Waals surface area (Å²) in [4.78, 5) is 12.8. The van der Waals surface area contributed by atoms with Crippen LogP contribution in [0.15, 0.2) is 42.5 Å². The molecule has 0 saturated heterocycles. The van der Waals surface area contributed by atoms with Gasteiger partial charge in [0.1, 0.15) is 6.07 Å². The monoisotopic (exact) mass is 300 g/mol. The Morgan fingerprint density at radius 1 is 1.29 bits per heavy atom. The Labute approximate surface area is 127 Å². The summed E-state index contributed by atoms with van der Waals surface area (Å²) < 4.78 is 0. The van der Waals surface area contributed by atoms with Crippen LogP contribution in [0.1, 0.15) is 21.5 Å². The third-order valence-electron chi connectivity index (χ3n) is 3.13. The summed E-state index contributed by atoms with van der Waals surface area (Å²) in [5.41, 5.74) is 2.59. The van der Waals surface area contributed by atoms with Crippen LogP contribution in [0.3, 0.4) is 0 Å². The Bertz CT molecular complexity index is 705. The van der Waals surface area contributed by atoms with Gasteiger partial charge in [-0.2, -0.15) is 5.26 Å². The first-order valence-corrected chi connectivity index (χ1v) is 6.62. The van der Waals surface area contributed by atoms with Crippen LogP contribution in [0.5, 0.6) is 0 Å². The molecule has 4 nitrogen and oxygen atoms in total. The summed E-state index contributed by atoms with van der Waals surface area (Å²) >= 11 is 6.02. The molecule has 0 aromatic heterocycles. The minimum absolute atomic E-state index is 0.267. The number of anilines is 1. The predicted octanol–water partition coefficient (Wildman–Crippen LogP) is 3.55. The van der Waals surface area contributed by atoms with Crippen molar-refractivity contribution in [3.8, 4) is 6.07 Å². The molecule has 1 N–H and O–H groups in total. The Morgan fingerprint density at radius 3 is 2.48 bits per heavy atom. The van der Waals surface area contributed by atoms with E-state index in [1.807, 2.05) is 24.1 Å². The molecule has 106 valence electrons. The molecule has 2 aromatic carbocycles. The predicted molar refractivity (Wildman–Crippen MR) is 81.7 cm³/mol. The van der Waals surface area contributed by atoms with Crippen molar-refractivity contribution in [1.82, 2.24) is 0 Å². The Morgan fingerprint density at radius 2 is 1.95 bits per heavy atom. The summed E-state index contributed by atoms with van der Waals surface area (Å²) in [5.74, 6) is -0.936. The molecule has 0 atom stereocenters. The van der Waals surface area contributed by atoms with E-state index >= 15 is 0 Å². The standard InChI is InChI=1S/C16H13ClN2O2/c1-19(14-7-6-13(9-18)15(17)8-14)10-11-2-4-12(5-3-11)16(20)21/h2-8H,10H2,1H3,(H,20,21). The SMILES string of the molecule is CN(Cc1ccc(C(=O)O)cc1)c1ccc(C#N)c(Cl)c1. The van der Waals surface area contributed by atoms with Crippen molar-refractivity contribution >= 4 is 23.3 Å². The number of carboxylic acids is 1. The molecule has 0 aliphatic carbocycles. The molecule has 21 heavy (non-hydrogen) atoms. The molecule has 0 aliphatic heterocycles. The number of nitriles is 1. The molecule has 0 heterocycles. The van der Waals surface area contributed by atoms with E-state index in [2.05, 4.69) is 0 Å². The number of rotatable bonds is 4. The van der Waals surface area contributed by atoms with Gasteiger partial charge in [0.15, 0.2) is 0 Å². The Balaban J connectivity index is 2.14. The highest BCUT2D eigenvalue weighted by Crippen LogP contribution is 2.23. The van der Waals surface area contributed by atoms with Crippen LogP contribution < -0.4 is 4.90 Å². The van der Waals surface area contributed by atoms with Crippen molar-refractivity contribution in [3.63, 3.8) is 0 Å². The van der Waals surface area contributed by atoms with Gasteiger partial charge in [-0.25, -0.2) is 4.79 Å². The zero-order valence-corrected chi connectivity index (χ0v) is 12.1. The van der Waals surface area contributed by atoms with Gasteiger partial charge in [-0.15, -0.1) is 0 Å². The first kappa shape index (κ1) is 14.9. The third-order valence-corrected chi connectivity index (χ3v) is 3.45. The van der Waals surface area contributed by atoms with E-state index in [9.17, 15) is 4.79 Å². The fourth-order valence-electron chi connectivity index (χ4n) is 1.95. The zero-order valence-electron chi connectivity index (χ0n) is 11.4. The lowest BCUT2D eigenvalue weighted by atomic mass is 10.1. The molecule has 0 spiro atoms. The normalized spacial score (nSPS) is 9.95. The second-order valence-electron chi connectivity index (χ2n) is 4.63. The molecule has 0 bridgehead atoms. The molecule has 0 aliphatic rings. The molecular weight excluding hydrogens is 288 g/mol. The Kier molecular flexibility index (Phi) is 4.46. The van der Waals surface area contributed by atoms with E-state index in [0.29, 0.717) is 17.1 Å². The van der Waals surface area contributed by atoms with Gasteiger partial charge in [-0.1, -0.05) is 23.7 Å². The lowest BCUT2D eigenvalue weighted by Gasteiger charge is -2.20. The van der Waals surface area contributed by atoms with E-state index in [0.717, 1.165) is 11.3 Å². The van der Waals surface area contributed by atoms with E-state index in [1.165, 1.54) is 0 Å². The molecule has 0 unspecified atom stereocenters. The van der Waals surface area contributed by atoms with Crippen molar-refractivity contribution in [2.45, 2.75) is 6.54 Å². The molecular formula is C16H13ClN2O2. The Hall–Kier alpha value is -2.51. The van der Waals surface area contributed by atoms with Crippen molar-refractivity contribution < 1.29 is 9.90 Å². The third kappa shape index (κ3) is 3.53. The lowest BCUT2D eigenvalue weighted by molar-refractivity contribution is 0.0697. The van der Waals surface area contributed by atoms with E-state index in [-0.39, 0.29) is 5.56 Å². The molecule has 0 fully saturated rings. The van der Waals surface area contributed by atoms with Crippen molar-refractivity contribution in [1.29, 1.82) is 5.26 Å². The smallest absolute Gasteiger partial charge is 0.335 e. The van der Waals surface area contributed by atoms with Crippen LogP contribution in [0.4, 0.5) is 5.69 Å². The van der Waals surface area contributed by atoms with Gasteiger partial charge >= 0.3 is 5.97 Å². The van der Waals surface area contributed by atoms with Crippen LogP contribution in [-0.2, 0) is 6.54 Å². The van der Waals surface area contributed by atoms with E-state index in [4.69, 9.17) is 22.0 Å². The van der Waals surface area contributed by atoms with E-state index < -0.39 is 5.97 Å². The molecule has 2 rings (SSSR count). The second-order valence-corrected chi connectivity index (χ2v) is 5.04. The number of benzene rings is 2. The van der Waals surface area contributed by atoms with Crippen molar-refractivity contribution in [2.75, 3.05) is 11.9 Å². The maximum Gasteiger partial charge on any atom is 0.335 e. The van der Waals surface area contributed by atoms with Crippen molar-refractivity contribution in [3.05, 3.63) is 64.2 Å². The fourth-order valence-corrected chi connectivity index (χ4v) is 2.17. The number of carboxylic acid groups (broad SMARTS) is 1. The molecule has 0 radical (unpaired) electrons. The first-order valence-electron chi connectivity index (χ1n) is 6.24. The summed E-state index contributed by atoms with van der Waals surface area (Å²) in [5, 5.41) is 18.1. The topological polar surface area (TPSA) is 64.3 Å². The maximum atomic E-state index is 10.8. The van der Waals surface area contributed by atoms with Crippen LogP contribution in [0, 0.1) is 11.3 Å². The van der Waals surface area contributed by atoms with Crippen molar-refractivity contribution in [2.24, 2.45) is 0 Å². The molecule has 5 heteroatoms. The van der Waals surface area contributed by atoms with Gasteiger partial charge in [-0.05, 0) is 35.9 Å². The number of carbonyl (C=O) groups is 1. The van der Waals surface area contributed by atoms with Gasteiger partial charge in [0.2, 0.25) is 0 Å². The number of nitrogens with zero attached hydrogens (tertiary/aromatic N) is 2. The average molecular weight is 301 g/mol. The fraction of sp³-hybridized carbons (Fsp3) is 0.125. The highest BCUT2D eigenvalue weighted by molar-refractivity contribution is 6.32. The van der Waals surface area contributed by atoms with E-state index in [1.54, 1.807) is 36.4 Å². The summed E-state index contributed by atoms with van der Waals surface area (Å²) in [7, 11) is 1.91. The van der Waals surface area contributed by atoms with Crippen LogP contribution >= 0.6 is 11.6 Å². The minimum Gasteiger partial charge on any atom is -0.478 e. The molecule has 0 amide bonds. The molecule has 0 saturated carbocycles. The number of aromatic carboxylic acids is 1. The number of hydrogen-bond acceptors (Lipinski definition) is 3. The van der Waals surface area contributed by atoms with Gasteiger partial charge in [-0.3, -0.25) is 0 Å². The van der Waals surface area contributed by atoms with Gasteiger partial charge in [0.25, 0.3) is 0 Å². The summed E-state index contributed by atoms with van der Waals surface area (Å²) in [6.45, 7) is 0.613. The highest BCUT2D eigenvalue weighted by Gasteiger charge is 2.07. The second kappa shape index (κ2) is 6.29. The highest BCUT2D eigenvalue weighted by atomic mass is 35.5. The van der Waals surface area contributed by atoms with Crippen LogP contribution in [-0.4, -0.2) is 18.1 Å². The molecule has 2 aromatic rings. The summed E-state index contributed by atoms with van der Waals surface area (Å²) in [6.07, 6.45) is 0. The minimum atomic E-state index is -0.936. The van der Waals surface area contributed by atoms with Crippen LogP contribution in [0.2, 0.25) is 5.02 Å². The zero-order chi connectivity index (χ0) is 15.4. The lowest BCUT2D eigenvalue weighted by Crippen LogP contribution is -2.16. The summed E-state index contributed by atoms with van der Waals surface area (Å²) in [6, 6.07) is 14.0. The number of hydrogen-bond donors (Lipinski definition) is 1. The van der Waals surface area contributed by atoms with Gasteiger partial charge in [0.05, 0.1) is 16.1 Å². The van der Waals surface area contributed by atoms with Gasteiger partial charge < -0.3 is 10.0 Å². The largest absolute Gasteiger partial charge is 0.478 e. The first-order chi connectivity index (χ1) is 10.0. The average Bonchev–Trinajstić information content (AvgIpc) is 2.47. The quantitative estimate of drug-likeness (QED) is 0.938.